The lowest BCUT2D eigenvalue weighted by molar-refractivity contribution is -0.137. The average molecular weight is 655 g/mol. The molecule has 0 spiro atoms. The number of benzene rings is 2. The zero-order chi connectivity index (χ0) is 32.9. The number of carbonyl (C=O) groups is 1. The molecule has 1 N–H and O–H groups in total. The average Bonchev–Trinajstić information content (AvgIpc) is 3.04. The largest absolute Gasteiger partial charge is 0.497 e. The zero-order valence-electron chi connectivity index (χ0n) is 28.5. The summed E-state index contributed by atoms with van der Waals surface area (Å²) in [4.78, 5) is 18.7. The third-order valence-electron chi connectivity index (χ3n) is 10.5. The van der Waals surface area contributed by atoms with Crippen molar-refractivity contribution in [2.45, 2.75) is 88.4 Å². The van der Waals surface area contributed by atoms with E-state index >= 15 is 0 Å². The lowest BCUT2D eigenvalue weighted by atomic mass is 9.72. The topological polar surface area (TPSA) is 91.4 Å². The first-order valence-electron chi connectivity index (χ1n) is 17.1. The lowest BCUT2D eigenvalue weighted by Crippen LogP contribution is -2.59. The number of likely N-dealkylation sites (N-methyl/N-ethyl adjacent to an activating group) is 1. The van der Waals surface area contributed by atoms with Crippen LogP contribution in [0.3, 0.4) is 0 Å². The van der Waals surface area contributed by atoms with Gasteiger partial charge in [0.15, 0.2) is 0 Å². The van der Waals surface area contributed by atoms with Gasteiger partial charge in [0.1, 0.15) is 11.9 Å². The van der Waals surface area contributed by atoms with Crippen molar-refractivity contribution in [1.82, 2.24) is 19.4 Å². The third-order valence-corrected chi connectivity index (χ3v) is 12.7. The van der Waals surface area contributed by atoms with Gasteiger partial charge in [-0.2, -0.15) is 4.31 Å². The highest BCUT2D eigenvalue weighted by atomic mass is 32.2. The van der Waals surface area contributed by atoms with E-state index in [0.717, 1.165) is 64.7 Å². The van der Waals surface area contributed by atoms with E-state index in [1.807, 2.05) is 0 Å². The quantitative estimate of drug-likeness (QED) is 0.384. The summed E-state index contributed by atoms with van der Waals surface area (Å²) in [5.74, 6) is 0.962. The maximum absolute atomic E-state index is 13.7. The summed E-state index contributed by atoms with van der Waals surface area (Å²) in [6, 6.07) is 14.4. The van der Waals surface area contributed by atoms with Crippen LogP contribution < -0.4 is 10.1 Å². The first-order valence-corrected chi connectivity index (χ1v) is 18.5. The van der Waals surface area contributed by atoms with Crippen LogP contribution in [0, 0.1) is 19.8 Å². The van der Waals surface area contributed by atoms with Crippen LogP contribution in [0.5, 0.6) is 5.75 Å². The summed E-state index contributed by atoms with van der Waals surface area (Å²) in [6.07, 6.45) is 5.96. The van der Waals surface area contributed by atoms with Crippen LogP contribution in [-0.2, 0) is 26.0 Å². The number of aryl methyl sites for hydroxylation is 2. The Hall–Kier alpha value is -2.50. The molecule has 2 atom stereocenters. The summed E-state index contributed by atoms with van der Waals surface area (Å²) in [5, 5.41) is 3.17. The van der Waals surface area contributed by atoms with Gasteiger partial charge >= 0.3 is 0 Å². The molecule has 2 saturated heterocycles. The molecule has 1 amide bonds. The molecule has 3 fully saturated rings. The van der Waals surface area contributed by atoms with Gasteiger partial charge in [0.05, 0.1) is 18.1 Å². The molecular weight excluding hydrogens is 600 g/mol. The SMILES string of the molecule is COc1cc(C)c(S(=O)(=O)N2CCCC(OC(C)C(=O)NCC3CCC(Cc4ccccc4)(N4CCN(C)CC4)CC3)C2)c(C)c1. The van der Waals surface area contributed by atoms with Crippen molar-refractivity contribution >= 4 is 15.9 Å². The van der Waals surface area contributed by atoms with Gasteiger partial charge in [0.2, 0.25) is 15.9 Å². The normalized spacial score (nSPS) is 26.0. The van der Waals surface area contributed by atoms with Gasteiger partial charge in [-0.3, -0.25) is 9.69 Å². The van der Waals surface area contributed by atoms with Crippen molar-refractivity contribution in [3.63, 3.8) is 0 Å². The maximum atomic E-state index is 13.7. The minimum absolute atomic E-state index is 0.123. The van der Waals surface area contributed by atoms with Crippen LogP contribution in [0.25, 0.3) is 0 Å². The minimum Gasteiger partial charge on any atom is -0.497 e. The van der Waals surface area contributed by atoms with E-state index in [2.05, 4.69) is 52.5 Å². The van der Waals surface area contributed by atoms with Crippen molar-refractivity contribution < 1.29 is 22.7 Å². The van der Waals surface area contributed by atoms with Crippen molar-refractivity contribution in [3.8, 4) is 5.75 Å². The first kappa shape index (κ1) is 34.8. The Kier molecular flexibility index (Phi) is 11.5. The van der Waals surface area contributed by atoms with Crippen LogP contribution in [-0.4, -0.2) is 106 Å². The van der Waals surface area contributed by atoms with Crippen LogP contribution in [0.2, 0.25) is 0 Å². The Morgan fingerprint density at radius 2 is 1.65 bits per heavy atom. The van der Waals surface area contributed by atoms with Gasteiger partial charge in [-0.25, -0.2) is 8.42 Å². The summed E-state index contributed by atoms with van der Waals surface area (Å²) in [6.45, 7) is 11.1. The van der Waals surface area contributed by atoms with Crippen molar-refractivity contribution in [1.29, 1.82) is 0 Å². The fraction of sp³-hybridized carbons (Fsp3) is 0.639. The fourth-order valence-corrected chi connectivity index (χ4v) is 9.74. The van der Waals surface area contributed by atoms with E-state index in [1.54, 1.807) is 40.0 Å². The number of methoxy groups -OCH3 is 1. The van der Waals surface area contributed by atoms with Gasteiger partial charge < -0.3 is 19.7 Å². The number of hydrogen-bond donors (Lipinski definition) is 1. The van der Waals surface area contributed by atoms with Gasteiger partial charge in [0.25, 0.3) is 0 Å². The lowest BCUT2D eigenvalue weighted by Gasteiger charge is -2.51. The van der Waals surface area contributed by atoms with Crippen LogP contribution in [0.15, 0.2) is 47.4 Å². The Balaban J connectivity index is 1.13. The van der Waals surface area contributed by atoms with Crippen molar-refractivity contribution in [2.24, 2.45) is 5.92 Å². The predicted molar refractivity (Wildman–Crippen MR) is 182 cm³/mol. The fourth-order valence-electron chi connectivity index (χ4n) is 7.82. The van der Waals surface area contributed by atoms with Crippen molar-refractivity contribution in [3.05, 3.63) is 59.2 Å². The highest BCUT2D eigenvalue weighted by molar-refractivity contribution is 7.89. The number of sulfonamides is 1. The number of hydrogen-bond acceptors (Lipinski definition) is 7. The molecule has 46 heavy (non-hydrogen) atoms. The number of amides is 1. The molecule has 1 aliphatic carbocycles. The summed E-state index contributed by atoms with van der Waals surface area (Å²) in [5.41, 5.74) is 2.91. The van der Waals surface area contributed by atoms with Crippen molar-refractivity contribution in [2.75, 3.05) is 60.0 Å². The van der Waals surface area contributed by atoms with E-state index < -0.39 is 16.1 Å². The number of nitrogens with zero attached hydrogens (tertiary/aromatic N) is 3. The van der Waals surface area contributed by atoms with Crippen LogP contribution in [0.1, 0.15) is 62.1 Å². The zero-order valence-corrected chi connectivity index (χ0v) is 29.3. The van der Waals surface area contributed by atoms with E-state index in [9.17, 15) is 13.2 Å². The molecule has 1 saturated carbocycles. The second kappa shape index (κ2) is 15.2. The number of nitrogens with one attached hydrogen (secondary N) is 1. The number of carbonyl (C=O) groups excluding carboxylic acids is 1. The summed E-state index contributed by atoms with van der Waals surface area (Å²) in [7, 11) is 0.0768. The molecule has 5 rings (SSSR count). The standard InChI is InChI=1S/C36H54N4O5S/c1-27-22-33(44-5)23-28(2)34(27)46(42,43)40-17-9-12-32(26-40)45-29(3)35(41)37-25-31-13-15-36(16-14-31,24-30-10-7-6-8-11-30)39-20-18-38(4)19-21-39/h6-8,10-11,22-23,29,31-32H,9,12-21,24-26H2,1-5H3,(H,37,41). The maximum Gasteiger partial charge on any atom is 0.248 e. The smallest absolute Gasteiger partial charge is 0.248 e. The molecule has 2 aromatic carbocycles. The Morgan fingerprint density at radius 3 is 2.28 bits per heavy atom. The molecule has 2 aromatic rings. The van der Waals surface area contributed by atoms with E-state index in [-0.39, 0.29) is 24.1 Å². The number of piperidine rings is 1. The molecule has 3 aliphatic rings. The summed E-state index contributed by atoms with van der Waals surface area (Å²) >= 11 is 0. The van der Waals surface area contributed by atoms with Gasteiger partial charge in [-0.1, -0.05) is 30.3 Å². The molecule has 0 radical (unpaired) electrons. The molecule has 0 bridgehead atoms. The monoisotopic (exact) mass is 654 g/mol. The highest BCUT2D eigenvalue weighted by Gasteiger charge is 2.41. The Labute approximate surface area is 276 Å². The number of rotatable bonds is 11. The molecule has 10 heteroatoms. The second-order valence-electron chi connectivity index (χ2n) is 13.9. The van der Waals surface area contributed by atoms with E-state index in [1.165, 1.54) is 9.87 Å². The minimum atomic E-state index is -3.71. The molecule has 254 valence electrons. The second-order valence-corrected chi connectivity index (χ2v) is 15.7. The molecule has 0 aromatic heterocycles. The van der Waals surface area contributed by atoms with E-state index in [0.29, 0.717) is 47.2 Å². The van der Waals surface area contributed by atoms with Gasteiger partial charge in [0, 0.05) is 51.4 Å². The van der Waals surface area contributed by atoms with E-state index in [4.69, 9.17) is 9.47 Å². The summed E-state index contributed by atoms with van der Waals surface area (Å²) < 4.78 is 40.4. The number of piperazine rings is 1. The van der Waals surface area contributed by atoms with Gasteiger partial charge in [-0.05, 0) is 108 Å². The number of ether oxygens (including phenoxy) is 2. The Morgan fingerprint density at radius 1 is 1.00 bits per heavy atom. The predicted octanol–water partition coefficient (Wildman–Crippen LogP) is 4.41. The Bertz CT molecular complexity index is 1400. The molecule has 2 unspecified atom stereocenters. The van der Waals surface area contributed by atoms with Crippen LogP contribution in [0.4, 0.5) is 0 Å². The molecule has 2 heterocycles. The molecular formula is C36H54N4O5S. The molecule has 9 nitrogen and oxygen atoms in total. The van der Waals surface area contributed by atoms with Gasteiger partial charge in [-0.15, -0.1) is 0 Å². The van der Waals surface area contributed by atoms with Crippen LogP contribution >= 0.6 is 0 Å². The first-order chi connectivity index (χ1) is 22.0. The highest BCUT2D eigenvalue weighted by Crippen LogP contribution is 2.39. The molecule has 2 aliphatic heterocycles. The third kappa shape index (κ3) is 8.13.